The van der Waals surface area contributed by atoms with Gasteiger partial charge in [-0.15, -0.1) is 0 Å². The average Bonchev–Trinajstić information content (AvgIpc) is 1.65. The summed E-state index contributed by atoms with van der Waals surface area (Å²) in [5.41, 5.74) is -2.85. The molecule has 0 bridgehead atoms. The second-order valence-electron chi connectivity index (χ2n) is 1.12. The lowest BCUT2D eigenvalue weighted by Gasteiger charge is -2.13. The highest BCUT2D eigenvalue weighted by molar-refractivity contribution is 6.20. The smallest absolute Gasteiger partial charge is 0.301 e. The third-order valence-electron chi connectivity index (χ3n) is 0.501. The quantitative estimate of drug-likeness (QED) is 0.610. The molecule has 0 radical (unpaired) electrons. The van der Waals surface area contributed by atoms with E-state index < -0.39 is 17.8 Å². The second-order valence-corrected chi connectivity index (χ2v) is 1.72. The number of rotatable bonds is 3. The summed E-state index contributed by atoms with van der Waals surface area (Å²) in [6.07, 6.45) is -3.98. The van der Waals surface area contributed by atoms with Crippen molar-refractivity contribution in [1.82, 2.24) is 0 Å². The Hall–Kier alpha value is 0.330. The fraction of sp³-hybridized carbons (Fsp3) is 1.00. The van der Waals surface area contributed by atoms with Crippen LogP contribution in [0.5, 0.6) is 0 Å². The highest BCUT2D eigenvalue weighted by atomic mass is 35.5. The molecule has 9 heavy (non-hydrogen) atoms. The highest BCUT2D eigenvalue weighted by Crippen LogP contribution is 2.25. The molecule has 0 amide bonds. The number of hydrogen-bond acceptors (Lipinski definition) is 1. The molecule has 0 spiro atoms. The van der Waals surface area contributed by atoms with E-state index in [0.717, 1.165) is 0 Å². The predicted molar refractivity (Wildman–Crippen MR) is 27.5 cm³/mol. The Morgan fingerprint density at radius 1 is 1.56 bits per heavy atom. The van der Waals surface area contributed by atoms with Crippen molar-refractivity contribution in [2.75, 3.05) is 6.07 Å². The van der Waals surface area contributed by atoms with Crippen molar-refractivity contribution in [2.45, 2.75) is 11.7 Å². The summed E-state index contributed by atoms with van der Waals surface area (Å²) in [6.45, 7) is 0. The van der Waals surface area contributed by atoms with Crippen molar-refractivity contribution in [3.8, 4) is 0 Å². The summed E-state index contributed by atoms with van der Waals surface area (Å²) in [4.78, 5) is 0. The molecule has 1 atom stereocenters. The molecule has 0 rings (SSSR count). The van der Waals surface area contributed by atoms with Gasteiger partial charge in [0, 0.05) is 0 Å². The molecule has 0 fully saturated rings. The molecule has 0 heterocycles. The molecule has 0 N–H and O–H groups in total. The fourth-order valence-electron chi connectivity index (χ4n) is 0.136. The summed E-state index contributed by atoms with van der Waals surface area (Å²) in [7, 11) is 0. The zero-order chi connectivity index (χ0) is 7.49. The van der Waals surface area contributed by atoms with Gasteiger partial charge in [0.1, 0.15) is 6.07 Å². The second kappa shape index (κ2) is 3.49. The fourth-order valence-corrected chi connectivity index (χ4v) is 0.344. The third kappa shape index (κ3) is 3.13. The van der Waals surface area contributed by atoms with Gasteiger partial charge in [-0.25, -0.2) is 4.39 Å². The molecule has 0 saturated carbocycles. The van der Waals surface area contributed by atoms with Crippen LogP contribution in [-0.2, 0) is 4.74 Å². The van der Waals surface area contributed by atoms with Crippen LogP contribution in [0.2, 0.25) is 0 Å². The lowest BCUT2D eigenvalue weighted by atomic mass is 10.7. The van der Waals surface area contributed by atoms with Crippen molar-refractivity contribution in [3.05, 3.63) is 0 Å². The predicted octanol–water partition coefficient (Wildman–Crippen LogP) is 2.33. The molecule has 0 aliphatic carbocycles. The molecule has 6 heteroatoms. The van der Waals surface area contributed by atoms with Gasteiger partial charge in [0.25, 0.3) is 5.63 Å². The van der Waals surface area contributed by atoms with Gasteiger partial charge in [-0.2, -0.15) is 8.78 Å². The van der Waals surface area contributed by atoms with Crippen molar-refractivity contribution >= 4 is 23.2 Å². The molecule has 1 nitrogen and oxygen atoms in total. The first kappa shape index (κ1) is 9.33. The summed E-state index contributed by atoms with van der Waals surface area (Å²) in [5, 5.41) is 0. The van der Waals surface area contributed by atoms with E-state index >= 15 is 0 Å². The Bertz CT molecular complexity index is 87.1. The molecular weight excluding hydrogens is 180 g/mol. The highest BCUT2D eigenvalue weighted by Gasteiger charge is 2.40. The van der Waals surface area contributed by atoms with Crippen LogP contribution in [0.25, 0.3) is 0 Å². The van der Waals surface area contributed by atoms with Gasteiger partial charge in [0.2, 0.25) is 0 Å². The van der Waals surface area contributed by atoms with Crippen LogP contribution in [-0.4, -0.2) is 17.8 Å². The third-order valence-corrected chi connectivity index (χ3v) is 0.864. The Labute approximate surface area is 59.7 Å². The monoisotopic (exact) mass is 182 g/mol. The summed E-state index contributed by atoms with van der Waals surface area (Å²) in [6, 6.07) is -0.792. The van der Waals surface area contributed by atoms with Crippen molar-refractivity contribution < 1.29 is 17.9 Å². The molecular formula is C3H3Cl2F3O. The maximum atomic E-state index is 11.7. The normalized spacial score (nSPS) is 15.7. The number of halogens is 5. The Kier molecular flexibility index (Phi) is 3.61. The van der Waals surface area contributed by atoms with Crippen LogP contribution in [0.15, 0.2) is 0 Å². The molecule has 0 aliphatic rings. The Morgan fingerprint density at radius 2 is 2.00 bits per heavy atom. The first-order valence-corrected chi connectivity index (χ1v) is 2.83. The van der Waals surface area contributed by atoms with Crippen LogP contribution < -0.4 is 0 Å². The van der Waals surface area contributed by atoms with E-state index in [1.54, 1.807) is 0 Å². The van der Waals surface area contributed by atoms with Crippen LogP contribution in [0.4, 0.5) is 13.2 Å². The minimum atomic E-state index is -3.98. The van der Waals surface area contributed by atoms with Gasteiger partial charge in [0.15, 0.2) is 0 Å². The zero-order valence-corrected chi connectivity index (χ0v) is 5.59. The van der Waals surface area contributed by atoms with Gasteiger partial charge in [-0.3, -0.25) is 0 Å². The largest absolute Gasteiger partial charge is 0.402 e. The summed E-state index contributed by atoms with van der Waals surface area (Å²) < 4.78 is 38.4. The lowest BCUT2D eigenvalue weighted by Crippen LogP contribution is -2.28. The SMILES string of the molecule is FC(Cl)C(F)(F)OCCl. The first-order valence-electron chi connectivity index (χ1n) is 1.86. The lowest BCUT2D eigenvalue weighted by molar-refractivity contribution is -0.246. The van der Waals surface area contributed by atoms with Gasteiger partial charge in [0.05, 0.1) is 0 Å². The number of hydrogen-bond donors (Lipinski definition) is 0. The van der Waals surface area contributed by atoms with Gasteiger partial charge < -0.3 is 4.74 Å². The first-order chi connectivity index (χ1) is 4.00. The van der Waals surface area contributed by atoms with Crippen LogP contribution in [0.3, 0.4) is 0 Å². The molecule has 0 aromatic carbocycles. The maximum absolute atomic E-state index is 11.7. The topological polar surface area (TPSA) is 9.23 Å². The van der Waals surface area contributed by atoms with E-state index in [0.29, 0.717) is 0 Å². The van der Waals surface area contributed by atoms with E-state index in [-0.39, 0.29) is 0 Å². The summed E-state index contributed by atoms with van der Waals surface area (Å²) >= 11 is 9.05. The van der Waals surface area contributed by atoms with Crippen LogP contribution in [0, 0.1) is 0 Å². The molecule has 0 aromatic heterocycles. The van der Waals surface area contributed by atoms with Gasteiger partial charge >= 0.3 is 6.11 Å². The van der Waals surface area contributed by atoms with Crippen LogP contribution in [0.1, 0.15) is 0 Å². The average molecular weight is 183 g/mol. The molecule has 0 aromatic rings. The van der Waals surface area contributed by atoms with E-state index in [9.17, 15) is 13.2 Å². The van der Waals surface area contributed by atoms with E-state index in [4.69, 9.17) is 11.6 Å². The van der Waals surface area contributed by atoms with Crippen LogP contribution >= 0.6 is 23.2 Å². The van der Waals surface area contributed by atoms with Gasteiger partial charge in [-0.1, -0.05) is 23.2 Å². The Morgan fingerprint density at radius 3 is 2.11 bits per heavy atom. The van der Waals surface area contributed by atoms with Crippen molar-refractivity contribution in [2.24, 2.45) is 0 Å². The van der Waals surface area contributed by atoms with E-state index in [2.05, 4.69) is 16.3 Å². The standard InChI is InChI=1S/C3H3Cl2F3O/c4-1-9-3(7,8)2(5)6/h2H,1H2. The van der Waals surface area contributed by atoms with Gasteiger partial charge in [-0.05, 0) is 0 Å². The van der Waals surface area contributed by atoms with Crippen molar-refractivity contribution in [3.63, 3.8) is 0 Å². The molecule has 1 unspecified atom stereocenters. The molecule has 0 saturated heterocycles. The molecule has 0 aliphatic heterocycles. The summed E-state index contributed by atoms with van der Waals surface area (Å²) in [5.74, 6) is 0. The van der Waals surface area contributed by atoms with E-state index in [1.807, 2.05) is 0 Å². The molecule has 56 valence electrons. The Balaban J connectivity index is 3.70. The van der Waals surface area contributed by atoms with Crippen molar-refractivity contribution in [1.29, 1.82) is 0 Å². The minimum Gasteiger partial charge on any atom is -0.301 e. The maximum Gasteiger partial charge on any atom is 0.402 e. The number of alkyl halides is 5. The number of ether oxygens (including phenoxy) is 1. The minimum absolute atomic E-state index is 0.792. The zero-order valence-electron chi connectivity index (χ0n) is 4.08. The van der Waals surface area contributed by atoms with E-state index in [1.165, 1.54) is 0 Å².